The fourth-order valence-corrected chi connectivity index (χ4v) is 1.66. The number of hydrogen-bond donors (Lipinski definition) is 4. The molecular weight excluding hydrogens is 140 g/mol. The van der Waals surface area contributed by atoms with Crippen LogP contribution in [0.1, 0.15) is 25.7 Å². The highest BCUT2D eigenvalue weighted by Gasteiger charge is 2.38. The van der Waals surface area contributed by atoms with Crippen molar-refractivity contribution in [2.24, 2.45) is 22.9 Å². The van der Waals surface area contributed by atoms with Crippen LogP contribution in [0.4, 0.5) is 0 Å². The van der Waals surface area contributed by atoms with Gasteiger partial charge in [-0.15, -0.1) is 0 Å². The highest BCUT2D eigenvalue weighted by molar-refractivity contribution is 5.01. The highest BCUT2D eigenvalue weighted by atomic mass is 15.0. The first-order valence-corrected chi connectivity index (χ1v) is 4.13. The highest BCUT2D eigenvalue weighted by Crippen LogP contribution is 2.25. The van der Waals surface area contributed by atoms with E-state index in [1.807, 2.05) is 0 Å². The maximum absolute atomic E-state index is 5.97. The third-order valence-electron chi connectivity index (χ3n) is 2.69. The molecule has 0 amide bonds. The molecule has 8 N–H and O–H groups in total. The van der Waals surface area contributed by atoms with Crippen molar-refractivity contribution < 1.29 is 0 Å². The molecule has 0 saturated heterocycles. The Balaban J connectivity index is 2.64. The number of rotatable bonds is 1. The molecular formula is C7H18N4. The summed E-state index contributed by atoms with van der Waals surface area (Å²) in [7, 11) is 0. The molecule has 4 nitrogen and oxygen atoms in total. The van der Waals surface area contributed by atoms with Gasteiger partial charge in [0.1, 0.15) is 0 Å². The maximum atomic E-state index is 5.97. The zero-order chi connectivity index (χ0) is 8.48. The quantitative estimate of drug-likeness (QED) is 0.361. The van der Waals surface area contributed by atoms with Gasteiger partial charge in [-0.3, -0.25) is 0 Å². The van der Waals surface area contributed by atoms with E-state index < -0.39 is 11.7 Å². The Labute approximate surface area is 67.3 Å². The Bertz CT molecular complexity index is 136. The maximum Gasteiger partial charge on any atom is 0.0722 e. The van der Waals surface area contributed by atoms with Crippen molar-refractivity contribution in [2.75, 3.05) is 0 Å². The third kappa shape index (κ3) is 1.54. The van der Waals surface area contributed by atoms with Crippen LogP contribution in [0.5, 0.6) is 0 Å². The van der Waals surface area contributed by atoms with E-state index in [-0.39, 0.29) is 6.04 Å². The predicted octanol–water partition coefficient (Wildman–Crippen LogP) is -1.17. The van der Waals surface area contributed by atoms with E-state index in [9.17, 15) is 0 Å². The van der Waals surface area contributed by atoms with Gasteiger partial charge in [-0.2, -0.15) is 0 Å². The van der Waals surface area contributed by atoms with Crippen molar-refractivity contribution in [1.82, 2.24) is 0 Å². The van der Waals surface area contributed by atoms with Crippen molar-refractivity contribution in [1.29, 1.82) is 0 Å². The molecule has 0 aliphatic heterocycles. The molecule has 1 aliphatic carbocycles. The molecule has 1 fully saturated rings. The van der Waals surface area contributed by atoms with E-state index in [0.29, 0.717) is 0 Å². The average molecular weight is 158 g/mol. The molecule has 4 heteroatoms. The van der Waals surface area contributed by atoms with Crippen LogP contribution < -0.4 is 22.9 Å². The summed E-state index contributed by atoms with van der Waals surface area (Å²) in [5.74, 6) is 0. The molecule has 1 saturated carbocycles. The predicted molar refractivity (Wildman–Crippen MR) is 45.5 cm³/mol. The second-order valence-electron chi connectivity index (χ2n) is 3.49. The lowest BCUT2D eigenvalue weighted by atomic mass is 9.77. The Morgan fingerprint density at radius 1 is 1.27 bits per heavy atom. The Hall–Kier alpha value is -0.160. The van der Waals surface area contributed by atoms with Crippen LogP contribution in [0, 0.1) is 0 Å². The Morgan fingerprint density at radius 3 is 2.27 bits per heavy atom. The molecule has 11 heavy (non-hydrogen) atoms. The van der Waals surface area contributed by atoms with E-state index in [1.54, 1.807) is 0 Å². The fraction of sp³-hybridized carbons (Fsp3) is 1.00. The first-order chi connectivity index (χ1) is 5.07. The van der Waals surface area contributed by atoms with Crippen molar-refractivity contribution in [2.45, 2.75) is 43.4 Å². The topological polar surface area (TPSA) is 104 Å². The molecule has 0 heterocycles. The lowest BCUT2D eigenvalue weighted by molar-refractivity contribution is 0.213. The minimum absolute atomic E-state index is 0.0313. The third-order valence-corrected chi connectivity index (χ3v) is 2.69. The van der Waals surface area contributed by atoms with E-state index in [1.165, 1.54) is 0 Å². The largest absolute Gasteiger partial charge is 0.326 e. The molecule has 0 bridgehead atoms. The Kier molecular flexibility index (Phi) is 2.49. The molecule has 1 rings (SSSR count). The van der Waals surface area contributed by atoms with Gasteiger partial charge < -0.3 is 22.9 Å². The van der Waals surface area contributed by atoms with Crippen molar-refractivity contribution in [3.63, 3.8) is 0 Å². The summed E-state index contributed by atoms with van der Waals surface area (Å²) in [5.41, 5.74) is 22.4. The van der Waals surface area contributed by atoms with Crippen molar-refractivity contribution in [3.05, 3.63) is 0 Å². The summed E-state index contributed by atoms with van der Waals surface area (Å²) < 4.78 is 0. The summed E-state index contributed by atoms with van der Waals surface area (Å²) >= 11 is 0. The van der Waals surface area contributed by atoms with Crippen LogP contribution in [0.3, 0.4) is 0 Å². The minimum atomic E-state index is -0.530. The van der Waals surface area contributed by atoms with Gasteiger partial charge in [0.05, 0.1) is 11.7 Å². The van der Waals surface area contributed by atoms with Crippen LogP contribution in [-0.2, 0) is 0 Å². The number of hydrogen-bond acceptors (Lipinski definition) is 4. The molecule has 0 aromatic heterocycles. The van der Waals surface area contributed by atoms with Gasteiger partial charge in [0.25, 0.3) is 0 Å². The van der Waals surface area contributed by atoms with Gasteiger partial charge in [0.2, 0.25) is 0 Å². The first-order valence-electron chi connectivity index (χ1n) is 4.13. The van der Waals surface area contributed by atoms with Gasteiger partial charge in [0.15, 0.2) is 0 Å². The van der Waals surface area contributed by atoms with E-state index in [0.717, 1.165) is 25.7 Å². The molecule has 0 unspecified atom stereocenters. The van der Waals surface area contributed by atoms with Crippen molar-refractivity contribution in [3.8, 4) is 0 Å². The van der Waals surface area contributed by atoms with E-state index >= 15 is 0 Å². The van der Waals surface area contributed by atoms with Crippen LogP contribution in [0.25, 0.3) is 0 Å². The van der Waals surface area contributed by atoms with E-state index in [2.05, 4.69) is 0 Å². The van der Waals surface area contributed by atoms with Gasteiger partial charge in [-0.1, -0.05) is 12.8 Å². The summed E-state index contributed by atoms with van der Waals surface area (Å²) in [4.78, 5) is 0. The second-order valence-corrected chi connectivity index (χ2v) is 3.49. The van der Waals surface area contributed by atoms with Crippen molar-refractivity contribution >= 4 is 0 Å². The van der Waals surface area contributed by atoms with Crippen LogP contribution in [0.15, 0.2) is 0 Å². The summed E-state index contributed by atoms with van der Waals surface area (Å²) in [5, 5.41) is 0. The monoisotopic (exact) mass is 158 g/mol. The van der Waals surface area contributed by atoms with Crippen LogP contribution in [0.2, 0.25) is 0 Å². The lowest BCUT2D eigenvalue weighted by Crippen LogP contribution is -2.69. The van der Waals surface area contributed by atoms with Crippen LogP contribution >= 0.6 is 0 Å². The molecule has 0 spiro atoms. The second kappa shape index (κ2) is 3.06. The first kappa shape index (κ1) is 8.93. The minimum Gasteiger partial charge on any atom is -0.326 e. The summed E-state index contributed by atoms with van der Waals surface area (Å²) in [6.45, 7) is 0. The smallest absolute Gasteiger partial charge is 0.0722 e. The van der Waals surface area contributed by atoms with Gasteiger partial charge in [0, 0.05) is 6.04 Å². The van der Waals surface area contributed by atoms with Gasteiger partial charge in [-0.25, -0.2) is 0 Å². The normalized spacial score (nSPS) is 39.5. The lowest BCUT2D eigenvalue weighted by Gasteiger charge is -2.41. The van der Waals surface area contributed by atoms with E-state index in [4.69, 9.17) is 22.9 Å². The summed E-state index contributed by atoms with van der Waals surface area (Å²) in [6.07, 6.45) is 3.55. The molecule has 0 aromatic rings. The number of nitrogens with two attached hydrogens (primary N) is 4. The molecule has 1 aliphatic rings. The standard InChI is InChI=1S/C7H18N4/c8-5-3-1-2-4-7(5,11)6(9)10/h5-6H,1-4,8-11H2/t5-,7-/m1/s1. The molecule has 0 radical (unpaired) electrons. The van der Waals surface area contributed by atoms with Gasteiger partial charge in [-0.05, 0) is 12.8 Å². The fourth-order valence-electron chi connectivity index (χ4n) is 1.66. The zero-order valence-electron chi connectivity index (χ0n) is 6.79. The zero-order valence-corrected chi connectivity index (χ0v) is 6.79. The van der Waals surface area contributed by atoms with Crippen LogP contribution in [-0.4, -0.2) is 17.7 Å². The average Bonchev–Trinajstić information content (AvgIpc) is 1.95. The molecule has 0 aromatic carbocycles. The SMILES string of the molecule is NC(N)[C@@]1(N)CCCC[C@H]1N. The Morgan fingerprint density at radius 2 is 1.91 bits per heavy atom. The molecule has 2 atom stereocenters. The summed E-state index contributed by atoms with van der Waals surface area (Å²) in [6, 6.07) is -0.0313. The molecule has 66 valence electrons. The van der Waals surface area contributed by atoms with Gasteiger partial charge >= 0.3 is 0 Å².